The van der Waals surface area contributed by atoms with E-state index >= 15 is 0 Å². The van der Waals surface area contributed by atoms with Crippen LogP contribution in [0, 0.1) is 0 Å². The monoisotopic (exact) mass is 311 g/mol. The first-order valence-corrected chi connectivity index (χ1v) is 7.03. The Morgan fingerprint density at radius 2 is 2.24 bits per heavy atom. The molecule has 2 rings (SSSR count). The van der Waals surface area contributed by atoms with Crippen molar-refractivity contribution in [3.05, 3.63) is 50.6 Å². The highest BCUT2D eigenvalue weighted by atomic mass is 79.9. The number of thiophene rings is 1. The molecule has 2 nitrogen and oxygen atoms in total. The summed E-state index contributed by atoms with van der Waals surface area (Å²) >= 11 is 5.11. The van der Waals surface area contributed by atoms with Gasteiger partial charge in [-0.15, -0.1) is 11.3 Å². The van der Waals surface area contributed by atoms with E-state index in [4.69, 9.17) is 10.5 Å². The van der Waals surface area contributed by atoms with Crippen LogP contribution in [0.5, 0.6) is 5.75 Å². The summed E-state index contributed by atoms with van der Waals surface area (Å²) < 4.78 is 6.83. The molecule has 0 aliphatic heterocycles. The van der Waals surface area contributed by atoms with E-state index in [0.717, 1.165) is 15.8 Å². The smallest absolute Gasteiger partial charge is 0.122 e. The predicted molar refractivity (Wildman–Crippen MR) is 75.4 cm³/mol. The zero-order valence-corrected chi connectivity index (χ0v) is 11.9. The van der Waals surface area contributed by atoms with Crippen LogP contribution in [0.2, 0.25) is 0 Å². The molecule has 1 aromatic heterocycles. The van der Waals surface area contributed by atoms with Gasteiger partial charge in [0, 0.05) is 20.8 Å². The second kappa shape index (κ2) is 5.67. The third-order valence-corrected chi connectivity index (χ3v) is 4.06. The molecular weight excluding hydrogens is 298 g/mol. The van der Waals surface area contributed by atoms with Gasteiger partial charge < -0.3 is 10.5 Å². The van der Waals surface area contributed by atoms with Crippen molar-refractivity contribution in [3.63, 3.8) is 0 Å². The summed E-state index contributed by atoms with van der Waals surface area (Å²) in [4.78, 5) is 1.20. The minimum absolute atomic E-state index is 0.0365. The SMILES string of the molecule is CC(N)c1cccc(OCc2cc(Br)cs2)c1. The van der Waals surface area contributed by atoms with Crippen molar-refractivity contribution < 1.29 is 4.74 Å². The van der Waals surface area contributed by atoms with Crippen molar-refractivity contribution in [2.75, 3.05) is 0 Å². The van der Waals surface area contributed by atoms with Crippen LogP contribution in [0.15, 0.2) is 40.2 Å². The first-order valence-electron chi connectivity index (χ1n) is 5.36. The van der Waals surface area contributed by atoms with E-state index in [0.29, 0.717) is 6.61 Å². The van der Waals surface area contributed by atoms with Gasteiger partial charge in [-0.1, -0.05) is 12.1 Å². The zero-order valence-electron chi connectivity index (χ0n) is 9.52. The molecular formula is C13H14BrNOS. The van der Waals surface area contributed by atoms with Gasteiger partial charge in [0.1, 0.15) is 12.4 Å². The zero-order chi connectivity index (χ0) is 12.3. The molecule has 0 radical (unpaired) electrons. The predicted octanol–water partition coefficient (Wildman–Crippen LogP) is 4.11. The molecule has 1 heterocycles. The quantitative estimate of drug-likeness (QED) is 0.922. The Hall–Kier alpha value is -0.840. The first kappa shape index (κ1) is 12.6. The highest BCUT2D eigenvalue weighted by molar-refractivity contribution is 9.10. The number of rotatable bonds is 4. The normalized spacial score (nSPS) is 12.4. The van der Waals surface area contributed by atoms with Crippen LogP contribution in [0.1, 0.15) is 23.4 Å². The number of halogens is 1. The largest absolute Gasteiger partial charge is 0.488 e. The maximum atomic E-state index is 5.83. The summed E-state index contributed by atoms with van der Waals surface area (Å²) in [6.07, 6.45) is 0. The summed E-state index contributed by atoms with van der Waals surface area (Å²) in [6, 6.07) is 10.0. The number of ether oxygens (including phenoxy) is 1. The van der Waals surface area contributed by atoms with E-state index in [1.165, 1.54) is 4.88 Å². The van der Waals surface area contributed by atoms with Crippen LogP contribution in [0.25, 0.3) is 0 Å². The summed E-state index contributed by atoms with van der Waals surface area (Å²) in [5.41, 5.74) is 6.93. The van der Waals surface area contributed by atoms with E-state index in [9.17, 15) is 0 Å². The molecule has 0 aliphatic rings. The van der Waals surface area contributed by atoms with Gasteiger partial charge in [-0.3, -0.25) is 0 Å². The molecule has 1 unspecified atom stereocenters. The van der Waals surface area contributed by atoms with Gasteiger partial charge in [-0.2, -0.15) is 0 Å². The molecule has 1 aromatic carbocycles. The molecule has 0 saturated heterocycles. The fraction of sp³-hybridized carbons (Fsp3) is 0.231. The fourth-order valence-electron chi connectivity index (χ4n) is 1.47. The van der Waals surface area contributed by atoms with Crippen LogP contribution < -0.4 is 10.5 Å². The van der Waals surface area contributed by atoms with E-state index in [2.05, 4.69) is 27.4 Å². The summed E-state index contributed by atoms with van der Waals surface area (Å²) in [5, 5.41) is 2.05. The van der Waals surface area contributed by atoms with Crippen molar-refractivity contribution in [2.24, 2.45) is 5.73 Å². The topological polar surface area (TPSA) is 35.2 Å². The minimum atomic E-state index is 0.0365. The lowest BCUT2D eigenvalue weighted by Crippen LogP contribution is -2.05. The molecule has 0 fully saturated rings. The van der Waals surface area contributed by atoms with Crippen molar-refractivity contribution in [1.29, 1.82) is 0 Å². The van der Waals surface area contributed by atoms with Crippen molar-refractivity contribution in [3.8, 4) is 5.75 Å². The van der Waals surface area contributed by atoms with Crippen molar-refractivity contribution in [2.45, 2.75) is 19.6 Å². The van der Waals surface area contributed by atoms with Crippen LogP contribution >= 0.6 is 27.3 Å². The highest BCUT2D eigenvalue weighted by Gasteiger charge is 2.02. The van der Waals surface area contributed by atoms with Crippen LogP contribution in [-0.2, 0) is 6.61 Å². The van der Waals surface area contributed by atoms with Gasteiger partial charge in [-0.05, 0) is 46.6 Å². The van der Waals surface area contributed by atoms with Gasteiger partial charge in [0.2, 0.25) is 0 Å². The fourth-order valence-corrected chi connectivity index (χ4v) is 2.83. The molecule has 1 atom stereocenters. The van der Waals surface area contributed by atoms with E-state index < -0.39 is 0 Å². The second-order valence-corrected chi connectivity index (χ2v) is 5.79. The first-order chi connectivity index (χ1) is 8.15. The molecule has 0 bridgehead atoms. The van der Waals surface area contributed by atoms with E-state index in [1.807, 2.05) is 31.2 Å². The van der Waals surface area contributed by atoms with Crippen molar-refractivity contribution in [1.82, 2.24) is 0 Å². The Kier molecular flexibility index (Phi) is 4.20. The molecule has 17 heavy (non-hydrogen) atoms. The lowest BCUT2D eigenvalue weighted by atomic mass is 10.1. The van der Waals surface area contributed by atoms with Crippen LogP contribution in [-0.4, -0.2) is 0 Å². The summed E-state index contributed by atoms with van der Waals surface area (Å²) in [6.45, 7) is 2.56. The third kappa shape index (κ3) is 3.56. The van der Waals surface area contributed by atoms with Gasteiger partial charge in [0.05, 0.1) is 0 Å². The maximum absolute atomic E-state index is 5.83. The summed E-state index contributed by atoms with van der Waals surface area (Å²) in [7, 11) is 0. The highest BCUT2D eigenvalue weighted by Crippen LogP contribution is 2.23. The average Bonchev–Trinajstić information content (AvgIpc) is 2.73. The molecule has 0 amide bonds. The molecule has 2 aromatic rings. The number of benzene rings is 1. The molecule has 0 aliphatic carbocycles. The minimum Gasteiger partial charge on any atom is -0.488 e. The average molecular weight is 312 g/mol. The molecule has 90 valence electrons. The van der Waals surface area contributed by atoms with Crippen molar-refractivity contribution >= 4 is 27.3 Å². The second-order valence-electron chi connectivity index (χ2n) is 3.88. The van der Waals surface area contributed by atoms with Crippen LogP contribution in [0.3, 0.4) is 0 Å². The number of nitrogens with two attached hydrogens (primary N) is 1. The Morgan fingerprint density at radius 3 is 2.88 bits per heavy atom. The third-order valence-electron chi connectivity index (χ3n) is 2.39. The molecule has 0 spiro atoms. The molecule has 4 heteroatoms. The Bertz CT molecular complexity index is 496. The van der Waals surface area contributed by atoms with Crippen LogP contribution in [0.4, 0.5) is 0 Å². The van der Waals surface area contributed by atoms with E-state index in [1.54, 1.807) is 11.3 Å². The van der Waals surface area contributed by atoms with Gasteiger partial charge >= 0.3 is 0 Å². The van der Waals surface area contributed by atoms with Gasteiger partial charge in [0.25, 0.3) is 0 Å². The van der Waals surface area contributed by atoms with Gasteiger partial charge in [-0.25, -0.2) is 0 Å². The molecule has 0 saturated carbocycles. The Labute approximate surface area is 114 Å². The maximum Gasteiger partial charge on any atom is 0.122 e. The number of hydrogen-bond donors (Lipinski definition) is 1. The summed E-state index contributed by atoms with van der Waals surface area (Å²) in [5.74, 6) is 0.865. The standard InChI is InChI=1S/C13H14BrNOS/c1-9(15)10-3-2-4-12(5-10)16-7-13-6-11(14)8-17-13/h2-6,8-9H,7,15H2,1H3. The molecule has 2 N–H and O–H groups in total. The van der Waals surface area contributed by atoms with Gasteiger partial charge in [0.15, 0.2) is 0 Å². The lowest BCUT2D eigenvalue weighted by molar-refractivity contribution is 0.309. The van der Waals surface area contributed by atoms with E-state index in [-0.39, 0.29) is 6.04 Å². The number of hydrogen-bond acceptors (Lipinski definition) is 3. The lowest BCUT2D eigenvalue weighted by Gasteiger charge is -2.09. The Balaban J connectivity index is 2.01. The Morgan fingerprint density at radius 1 is 1.41 bits per heavy atom.